The van der Waals surface area contributed by atoms with Crippen LogP contribution in [0.25, 0.3) is 0 Å². The van der Waals surface area contributed by atoms with Gasteiger partial charge in [-0.25, -0.2) is 0 Å². The fraction of sp³-hybridized carbons (Fsp3) is 0.714. The molecule has 2 nitrogen and oxygen atoms in total. The van der Waals surface area contributed by atoms with E-state index in [1.165, 1.54) is 43.2 Å². The van der Waals surface area contributed by atoms with E-state index in [1.54, 1.807) is 0 Å². The fourth-order valence-electron chi connectivity index (χ4n) is 6.65. The number of aromatic hydroxyl groups is 1. The van der Waals surface area contributed by atoms with Gasteiger partial charge >= 0.3 is 0 Å². The van der Waals surface area contributed by atoms with Crippen molar-refractivity contribution in [2.24, 2.45) is 17.3 Å². The van der Waals surface area contributed by atoms with E-state index in [2.05, 4.69) is 19.9 Å². The van der Waals surface area contributed by atoms with E-state index in [1.807, 2.05) is 12.1 Å². The SMILES string of the molecule is CCC[C@]12CC[C@]3(C)C[C@H](O)C[C@H]3[C@@H]1CCc1cc(O)ccc12. The van der Waals surface area contributed by atoms with Gasteiger partial charge in [-0.05, 0) is 90.9 Å². The van der Waals surface area contributed by atoms with E-state index < -0.39 is 0 Å². The number of phenols is 1. The topological polar surface area (TPSA) is 40.5 Å². The van der Waals surface area contributed by atoms with Crippen LogP contribution in [0.3, 0.4) is 0 Å². The Bertz CT molecular complexity index is 610. The molecule has 0 aromatic heterocycles. The van der Waals surface area contributed by atoms with Crippen LogP contribution in [0.4, 0.5) is 0 Å². The third-order valence-corrected chi connectivity index (χ3v) is 7.51. The van der Waals surface area contributed by atoms with Gasteiger partial charge in [0.15, 0.2) is 0 Å². The van der Waals surface area contributed by atoms with Gasteiger partial charge in [0.2, 0.25) is 0 Å². The zero-order valence-corrected chi connectivity index (χ0v) is 14.5. The molecule has 4 rings (SSSR count). The van der Waals surface area contributed by atoms with E-state index in [0.29, 0.717) is 23.0 Å². The molecule has 2 heteroatoms. The maximum Gasteiger partial charge on any atom is 0.115 e. The number of aryl methyl sites for hydroxylation is 1. The van der Waals surface area contributed by atoms with Crippen LogP contribution in [0.1, 0.15) is 69.9 Å². The lowest BCUT2D eigenvalue weighted by Gasteiger charge is -2.57. The van der Waals surface area contributed by atoms with Crippen molar-refractivity contribution in [2.75, 3.05) is 0 Å². The normalized spacial score (nSPS) is 42.0. The fourth-order valence-corrected chi connectivity index (χ4v) is 6.65. The molecule has 2 fully saturated rings. The number of aliphatic hydroxyl groups is 1. The number of rotatable bonds is 2. The van der Waals surface area contributed by atoms with Crippen LogP contribution in [0.15, 0.2) is 18.2 Å². The van der Waals surface area contributed by atoms with E-state index in [-0.39, 0.29) is 11.5 Å². The average Bonchev–Trinajstić information content (AvgIpc) is 2.81. The molecule has 0 spiro atoms. The standard InChI is InChI=1S/C21H30O2/c1-3-8-21-10-9-20(2)13-16(23)12-19(20)18(21)6-4-14-11-15(22)5-7-17(14)21/h5,7,11,16,18-19,22-23H,3-4,6,8-10,12-13H2,1-2H3/t16-,18+,19+,20-,21-/m1/s1. The second kappa shape index (κ2) is 5.24. The third kappa shape index (κ3) is 2.17. The zero-order valence-electron chi connectivity index (χ0n) is 14.5. The van der Waals surface area contributed by atoms with Gasteiger partial charge in [0, 0.05) is 0 Å². The number of phenolic OH excluding ortho intramolecular Hbond substituents is 1. The third-order valence-electron chi connectivity index (χ3n) is 7.51. The predicted octanol–water partition coefficient (Wildman–Crippen LogP) is 4.56. The summed E-state index contributed by atoms with van der Waals surface area (Å²) >= 11 is 0. The van der Waals surface area contributed by atoms with E-state index >= 15 is 0 Å². The Morgan fingerprint density at radius 1 is 1.22 bits per heavy atom. The van der Waals surface area contributed by atoms with Gasteiger partial charge in [-0.2, -0.15) is 0 Å². The van der Waals surface area contributed by atoms with Crippen LogP contribution in [0.5, 0.6) is 5.75 Å². The van der Waals surface area contributed by atoms with Crippen molar-refractivity contribution in [1.82, 2.24) is 0 Å². The molecule has 0 heterocycles. The van der Waals surface area contributed by atoms with Crippen LogP contribution in [0.2, 0.25) is 0 Å². The highest BCUT2D eigenvalue weighted by molar-refractivity contribution is 5.43. The highest BCUT2D eigenvalue weighted by Crippen LogP contribution is 2.64. The Morgan fingerprint density at radius 2 is 2.04 bits per heavy atom. The van der Waals surface area contributed by atoms with E-state index in [4.69, 9.17) is 0 Å². The van der Waals surface area contributed by atoms with Crippen LogP contribution >= 0.6 is 0 Å². The molecule has 0 bridgehead atoms. The van der Waals surface area contributed by atoms with Crippen molar-refractivity contribution in [3.05, 3.63) is 29.3 Å². The van der Waals surface area contributed by atoms with Crippen molar-refractivity contribution >= 4 is 0 Å². The van der Waals surface area contributed by atoms with Gasteiger partial charge in [-0.1, -0.05) is 26.3 Å². The first-order valence-electron chi connectivity index (χ1n) is 9.49. The zero-order chi connectivity index (χ0) is 16.2. The number of hydrogen-bond donors (Lipinski definition) is 2. The van der Waals surface area contributed by atoms with Crippen LogP contribution in [-0.2, 0) is 11.8 Å². The molecule has 1 aromatic carbocycles. The Morgan fingerprint density at radius 3 is 2.83 bits per heavy atom. The second-order valence-corrected chi connectivity index (χ2v) is 8.75. The molecule has 5 atom stereocenters. The Kier molecular flexibility index (Phi) is 3.53. The smallest absolute Gasteiger partial charge is 0.115 e. The molecular formula is C21H30O2. The lowest BCUT2D eigenvalue weighted by Crippen LogP contribution is -2.50. The molecule has 23 heavy (non-hydrogen) atoms. The lowest BCUT2D eigenvalue weighted by molar-refractivity contribution is 0.000530. The summed E-state index contributed by atoms with van der Waals surface area (Å²) in [7, 11) is 0. The molecule has 0 unspecified atom stereocenters. The quantitative estimate of drug-likeness (QED) is 0.840. The van der Waals surface area contributed by atoms with Gasteiger partial charge in [0.25, 0.3) is 0 Å². The van der Waals surface area contributed by atoms with Gasteiger partial charge in [-0.15, -0.1) is 0 Å². The minimum atomic E-state index is -0.0939. The maximum absolute atomic E-state index is 10.3. The number of benzene rings is 1. The summed E-state index contributed by atoms with van der Waals surface area (Å²) in [6.45, 7) is 4.73. The molecule has 3 aliphatic carbocycles. The molecule has 2 saturated carbocycles. The molecule has 0 amide bonds. The Hall–Kier alpha value is -1.02. The molecule has 3 aliphatic rings. The van der Waals surface area contributed by atoms with Gasteiger partial charge in [0.1, 0.15) is 5.75 Å². The number of fused-ring (bicyclic) bond motifs is 5. The maximum atomic E-state index is 10.3. The first kappa shape index (κ1) is 15.5. The summed E-state index contributed by atoms with van der Waals surface area (Å²) in [5.41, 5.74) is 3.51. The molecule has 1 aromatic rings. The average molecular weight is 314 g/mol. The summed E-state index contributed by atoms with van der Waals surface area (Å²) < 4.78 is 0. The monoisotopic (exact) mass is 314 g/mol. The minimum Gasteiger partial charge on any atom is -0.508 e. The summed E-state index contributed by atoms with van der Waals surface area (Å²) in [5.74, 6) is 1.78. The van der Waals surface area contributed by atoms with Gasteiger partial charge < -0.3 is 10.2 Å². The number of hydrogen-bond acceptors (Lipinski definition) is 2. The Balaban J connectivity index is 1.81. The van der Waals surface area contributed by atoms with Crippen molar-refractivity contribution in [3.63, 3.8) is 0 Å². The van der Waals surface area contributed by atoms with Crippen LogP contribution in [-0.4, -0.2) is 16.3 Å². The Labute approximate surface area is 139 Å². The van der Waals surface area contributed by atoms with Crippen LogP contribution in [0, 0.1) is 17.3 Å². The molecule has 2 N–H and O–H groups in total. The summed E-state index contributed by atoms with van der Waals surface area (Å²) in [6.07, 6.45) is 9.17. The lowest BCUT2D eigenvalue weighted by atomic mass is 9.47. The van der Waals surface area contributed by atoms with E-state index in [9.17, 15) is 10.2 Å². The van der Waals surface area contributed by atoms with Crippen molar-refractivity contribution in [1.29, 1.82) is 0 Å². The second-order valence-electron chi connectivity index (χ2n) is 8.75. The molecular weight excluding hydrogens is 284 g/mol. The highest BCUT2D eigenvalue weighted by Gasteiger charge is 2.58. The summed E-state index contributed by atoms with van der Waals surface area (Å²) in [4.78, 5) is 0. The molecule has 0 saturated heterocycles. The van der Waals surface area contributed by atoms with Gasteiger partial charge in [-0.3, -0.25) is 0 Å². The molecule has 126 valence electrons. The number of aliphatic hydroxyl groups excluding tert-OH is 1. The van der Waals surface area contributed by atoms with Crippen molar-refractivity contribution in [3.8, 4) is 5.75 Å². The molecule has 0 radical (unpaired) electrons. The van der Waals surface area contributed by atoms with Crippen molar-refractivity contribution < 1.29 is 10.2 Å². The summed E-state index contributed by atoms with van der Waals surface area (Å²) in [6, 6.07) is 6.09. The van der Waals surface area contributed by atoms with Crippen LogP contribution < -0.4 is 0 Å². The molecule has 0 aliphatic heterocycles. The largest absolute Gasteiger partial charge is 0.508 e. The van der Waals surface area contributed by atoms with Crippen molar-refractivity contribution in [2.45, 2.75) is 76.7 Å². The first-order valence-corrected chi connectivity index (χ1v) is 9.49. The predicted molar refractivity (Wildman–Crippen MR) is 92.6 cm³/mol. The summed E-state index contributed by atoms with van der Waals surface area (Å²) in [5, 5.41) is 20.2. The highest BCUT2D eigenvalue weighted by atomic mass is 16.3. The minimum absolute atomic E-state index is 0.0939. The van der Waals surface area contributed by atoms with Gasteiger partial charge in [0.05, 0.1) is 6.10 Å². The van der Waals surface area contributed by atoms with E-state index in [0.717, 1.165) is 19.3 Å². The first-order chi connectivity index (χ1) is 11.0.